The summed E-state index contributed by atoms with van der Waals surface area (Å²) >= 11 is 1.95. The van der Waals surface area contributed by atoms with Gasteiger partial charge in [0.15, 0.2) is 0 Å². The van der Waals surface area contributed by atoms with Gasteiger partial charge in [-0.05, 0) is 60.2 Å². The average Bonchev–Trinajstić information content (AvgIpc) is 2.36. The van der Waals surface area contributed by atoms with Crippen LogP contribution in [0.2, 0.25) is 0 Å². The van der Waals surface area contributed by atoms with Crippen molar-refractivity contribution in [2.75, 3.05) is 17.2 Å². The Bertz CT molecular complexity index is 599. The highest BCUT2D eigenvalue weighted by atomic mass is 127. The number of rotatable bonds is 3. The number of hydrogen-bond donors (Lipinski definition) is 1. The lowest BCUT2D eigenvalue weighted by molar-refractivity contribution is 0.620. The van der Waals surface area contributed by atoms with Crippen molar-refractivity contribution in [3.05, 3.63) is 51.3 Å². The predicted molar refractivity (Wildman–Crippen MR) is 87.4 cm³/mol. The Morgan fingerprint density at radius 2 is 2.00 bits per heavy atom. The summed E-state index contributed by atoms with van der Waals surface area (Å²) < 4.78 is 14.3. The second-order valence-corrected chi connectivity index (χ2v) is 5.57. The zero-order chi connectivity index (χ0) is 14.0. The summed E-state index contributed by atoms with van der Waals surface area (Å²) in [5, 5.41) is 0. The van der Waals surface area contributed by atoms with Crippen LogP contribution in [0.15, 0.2) is 36.4 Å². The molecule has 2 N–H and O–H groups in total. The summed E-state index contributed by atoms with van der Waals surface area (Å²) in [6.07, 6.45) is 0. The highest BCUT2D eigenvalue weighted by Gasteiger charge is 2.13. The molecule has 19 heavy (non-hydrogen) atoms. The second kappa shape index (κ2) is 5.77. The molecular formula is C15H16FIN2. The predicted octanol–water partition coefficient (Wildman–Crippen LogP) is 4.48. The third kappa shape index (κ3) is 3.00. The summed E-state index contributed by atoms with van der Waals surface area (Å²) in [6, 6.07) is 11.3. The molecule has 100 valence electrons. The Labute approximate surface area is 126 Å². The minimum absolute atomic E-state index is 0.240. The van der Waals surface area contributed by atoms with Gasteiger partial charge in [-0.2, -0.15) is 0 Å². The van der Waals surface area contributed by atoms with Gasteiger partial charge in [-0.1, -0.05) is 12.1 Å². The lowest BCUT2D eigenvalue weighted by Crippen LogP contribution is -2.18. The molecule has 2 aromatic rings. The Morgan fingerprint density at radius 3 is 2.63 bits per heavy atom. The Morgan fingerprint density at radius 1 is 1.26 bits per heavy atom. The van der Waals surface area contributed by atoms with Crippen molar-refractivity contribution in [2.24, 2.45) is 0 Å². The lowest BCUT2D eigenvalue weighted by Gasteiger charge is -2.25. The van der Waals surface area contributed by atoms with Gasteiger partial charge in [0.2, 0.25) is 0 Å². The number of halogens is 2. The van der Waals surface area contributed by atoms with Crippen LogP contribution in [0.1, 0.15) is 12.5 Å². The molecule has 0 radical (unpaired) electrons. The molecule has 0 aliphatic carbocycles. The van der Waals surface area contributed by atoms with Crippen LogP contribution in [-0.4, -0.2) is 6.54 Å². The third-order valence-electron chi connectivity index (χ3n) is 2.99. The molecule has 0 atom stereocenters. The zero-order valence-electron chi connectivity index (χ0n) is 11.0. The monoisotopic (exact) mass is 370 g/mol. The van der Waals surface area contributed by atoms with E-state index in [4.69, 9.17) is 5.73 Å². The average molecular weight is 370 g/mol. The Hall–Kier alpha value is -1.30. The second-order valence-electron chi connectivity index (χ2n) is 4.41. The molecule has 0 bridgehead atoms. The van der Waals surface area contributed by atoms with E-state index in [0.717, 1.165) is 12.2 Å². The van der Waals surface area contributed by atoms with E-state index in [1.807, 2.05) is 59.5 Å². The van der Waals surface area contributed by atoms with Crippen molar-refractivity contribution in [3.63, 3.8) is 0 Å². The number of hydrogen-bond acceptors (Lipinski definition) is 2. The van der Waals surface area contributed by atoms with Gasteiger partial charge in [-0.15, -0.1) is 0 Å². The molecule has 2 rings (SSSR count). The van der Waals surface area contributed by atoms with E-state index < -0.39 is 0 Å². The van der Waals surface area contributed by atoms with Crippen molar-refractivity contribution >= 4 is 39.7 Å². The van der Waals surface area contributed by atoms with E-state index >= 15 is 0 Å². The minimum Gasteiger partial charge on any atom is -0.397 e. The number of benzene rings is 2. The van der Waals surface area contributed by atoms with E-state index in [1.54, 1.807) is 6.07 Å². The smallest absolute Gasteiger partial charge is 0.138 e. The molecule has 0 unspecified atom stereocenters. The molecule has 0 heterocycles. The number of nitrogen functional groups attached to an aromatic ring is 1. The van der Waals surface area contributed by atoms with Gasteiger partial charge in [-0.3, -0.25) is 0 Å². The van der Waals surface area contributed by atoms with E-state index in [-0.39, 0.29) is 5.82 Å². The standard InChI is InChI=1S/C15H16FIN2/c1-3-19(11-6-4-5-10(2)7-11)15-8-12(16)13(17)9-14(15)18/h4-9H,3,18H2,1-2H3. The lowest BCUT2D eigenvalue weighted by atomic mass is 10.1. The SMILES string of the molecule is CCN(c1cccc(C)c1)c1cc(F)c(I)cc1N. The van der Waals surface area contributed by atoms with Gasteiger partial charge in [-0.25, -0.2) is 4.39 Å². The van der Waals surface area contributed by atoms with Crippen LogP contribution in [0.5, 0.6) is 0 Å². The number of anilines is 3. The first-order chi connectivity index (χ1) is 9.02. The van der Waals surface area contributed by atoms with E-state index in [9.17, 15) is 4.39 Å². The number of aryl methyl sites for hydroxylation is 1. The van der Waals surface area contributed by atoms with Gasteiger partial charge in [0.05, 0.1) is 14.9 Å². The van der Waals surface area contributed by atoms with Gasteiger partial charge >= 0.3 is 0 Å². The van der Waals surface area contributed by atoms with Gasteiger partial charge in [0.1, 0.15) is 5.82 Å². The first-order valence-corrected chi connectivity index (χ1v) is 7.19. The summed E-state index contributed by atoms with van der Waals surface area (Å²) in [5.74, 6) is -0.240. The molecule has 0 amide bonds. The van der Waals surface area contributed by atoms with Crippen LogP contribution in [0, 0.1) is 16.3 Å². The van der Waals surface area contributed by atoms with Crippen molar-refractivity contribution in [3.8, 4) is 0 Å². The molecule has 0 aliphatic rings. The topological polar surface area (TPSA) is 29.3 Å². The van der Waals surface area contributed by atoms with Crippen molar-refractivity contribution < 1.29 is 4.39 Å². The third-order valence-corrected chi connectivity index (χ3v) is 3.82. The molecule has 0 aliphatic heterocycles. The summed E-state index contributed by atoms with van der Waals surface area (Å²) in [7, 11) is 0. The molecule has 4 heteroatoms. The van der Waals surface area contributed by atoms with Crippen LogP contribution in [-0.2, 0) is 0 Å². The van der Waals surface area contributed by atoms with Gasteiger partial charge < -0.3 is 10.6 Å². The van der Waals surface area contributed by atoms with Crippen LogP contribution in [0.3, 0.4) is 0 Å². The van der Waals surface area contributed by atoms with Gasteiger partial charge in [0, 0.05) is 18.3 Å². The highest BCUT2D eigenvalue weighted by molar-refractivity contribution is 14.1. The summed E-state index contributed by atoms with van der Waals surface area (Å²) in [6.45, 7) is 4.79. The minimum atomic E-state index is -0.240. The molecule has 0 saturated heterocycles. The zero-order valence-corrected chi connectivity index (χ0v) is 13.1. The van der Waals surface area contributed by atoms with Gasteiger partial charge in [0.25, 0.3) is 0 Å². The fourth-order valence-electron chi connectivity index (χ4n) is 2.07. The van der Waals surface area contributed by atoms with Crippen LogP contribution in [0.25, 0.3) is 0 Å². The van der Waals surface area contributed by atoms with Crippen LogP contribution >= 0.6 is 22.6 Å². The van der Waals surface area contributed by atoms with Crippen molar-refractivity contribution in [2.45, 2.75) is 13.8 Å². The molecule has 0 spiro atoms. The van der Waals surface area contributed by atoms with E-state index in [1.165, 1.54) is 11.6 Å². The van der Waals surface area contributed by atoms with Crippen LogP contribution < -0.4 is 10.6 Å². The molecule has 0 saturated carbocycles. The van der Waals surface area contributed by atoms with Crippen molar-refractivity contribution in [1.82, 2.24) is 0 Å². The maximum Gasteiger partial charge on any atom is 0.138 e. The molecule has 2 nitrogen and oxygen atoms in total. The highest BCUT2D eigenvalue weighted by Crippen LogP contribution is 2.33. The fraction of sp³-hybridized carbons (Fsp3) is 0.200. The first-order valence-electron chi connectivity index (χ1n) is 6.11. The van der Waals surface area contributed by atoms with Crippen LogP contribution in [0.4, 0.5) is 21.5 Å². The Kier molecular flexibility index (Phi) is 4.29. The van der Waals surface area contributed by atoms with E-state index in [2.05, 4.69) is 6.07 Å². The normalized spacial score (nSPS) is 10.5. The molecule has 0 aromatic heterocycles. The molecule has 0 fully saturated rings. The fourth-order valence-corrected chi connectivity index (χ4v) is 2.56. The number of nitrogens with two attached hydrogens (primary N) is 1. The number of nitrogens with zero attached hydrogens (tertiary/aromatic N) is 1. The molecular weight excluding hydrogens is 354 g/mol. The quantitative estimate of drug-likeness (QED) is 0.638. The summed E-state index contributed by atoms with van der Waals surface area (Å²) in [4.78, 5) is 2.02. The Balaban J connectivity index is 2.51. The largest absolute Gasteiger partial charge is 0.397 e. The maximum absolute atomic E-state index is 13.8. The van der Waals surface area contributed by atoms with Crippen molar-refractivity contribution in [1.29, 1.82) is 0 Å². The molecule has 2 aromatic carbocycles. The summed E-state index contributed by atoms with van der Waals surface area (Å²) in [5.41, 5.74) is 9.52. The van der Waals surface area contributed by atoms with E-state index in [0.29, 0.717) is 14.9 Å². The first kappa shape index (κ1) is 14.1. The maximum atomic E-state index is 13.8.